The molecule has 0 spiro atoms. The van der Waals surface area contributed by atoms with Crippen molar-refractivity contribution in [1.82, 2.24) is 15.3 Å². The van der Waals surface area contributed by atoms with Gasteiger partial charge in [-0.15, -0.1) is 0 Å². The van der Waals surface area contributed by atoms with Gasteiger partial charge >= 0.3 is 0 Å². The molecular weight excluding hydrogens is 152 g/mol. The van der Waals surface area contributed by atoms with E-state index < -0.39 is 0 Å². The van der Waals surface area contributed by atoms with Crippen molar-refractivity contribution in [3.63, 3.8) is 0 Å². The molecule has 0 aliphatic heterocycles. The Balaban J connectivity index is 2.33. The minimum atomic E-state index is 0.437. The van der Waals surface area contributed by atoms with Gasteiger partial charge < -0.3 is 10.6 Å². The van der Waals surface area contributed by atoms with Gasteiger partial charge in [-0.25, -0.2) is 4.98 Å². The summed E-state index contributed by atoms with van der Waals surface area (Å²) < 4.78 is 0. The Bertz CT molecular complexity index is 212. The molecule has 1 atom stereocenters. The van der Waals surface area contributed by atoms with Gasteiger partial charge in [0.2, 0.25) is 0 Å². The second-order valence-corrected chi connectivity index (χ2v) is 2.66. The van der Waals surface area contributed by atoms with E-state index in [0.29, 0.717) is 6.04 Å². The second kappa shape index (κ2) is 4.66. The highest BCUT2D eigenvalue weighted by atomic mass is 15.0. The Hall–Kier alpha value is -1.16. The van der Waals surface area contributed by atoms with Gasteiger partial charge in [-0.1, -0.05) is 0 Å². The van der Waals surface area contributed by atoms with Crippen molar-refractivity contribution >= 4 is 5.82 Å². The molecule has 0 saturated carbocycles. The van der Waals surface area contributed by atoms with Crippen LogP contribution in [0.15, 0.2) is 18.6 Å². The third-order valence-corrected chi connectivity index (χ3v) is 1.65. The largest absolute Gasteiger partial charge is 0.367 e. The number of hydrogen-bond donors (Lipinski definition) is 2. The van der Waals surface area contributed by atoms with Gasteiger partial charge in [-0.05, 0) is 14.0 Å². The molecule has 1 unspecified atom stereocenters. The lowest BCUT2D eigenvalue weighted by Crippen LogP contribution is -2.29. The molecule has 1 aromatic heterocycles. The molecule has 4 nitrogen and oxygen atoms in total. The Morgan fingerprint density at radius 1 is 1.50 bits per heavy atom. The first-order chi connectivity index (χ1) is 5.83. The molecule has 0 fully saturated rings. The highest BCUT2D eigenvalue weighted by molar-refractivity contribution is 5.29. The van der Waals surface area contributed by atoms with Crippen LogP contribution in [-0.2, 0) is 0 Å². The number of anilines is 1. The quantitative estimate of drug-likeness (QED) is 0.683. The zero-order valence-electron chi connectivity index (χ0n) is 7.41. The van der Waals surface area contributed by atoms with Gasteiger partial charge in [0.15, 0.2) is 0 Å². The molecule has 0 amide bonds. The zero-order chi connectivity index (χ0) is 8.81. The molecule has 1 rings (SSSR count). The topological polar surface area (TPSA) is 49.8 Å². The van der Waals surface area contributed by atoms with Gasteiger partial charge in [0.25, 0.3) is 0 Å². The molecule has 2 N–H and O–H groups in total. The van der Waals surface area contributed by atoms with Crippen molar-refractivity contribution in [2.75, 3.05) is 18.9 Å². The summed E-state index contributed by atoms with van der Waals surface area (Å²) in [5, 5.41) is 6.28. The first kappa shape index (κ1) is 8.93. The third-order valence-electron chi connectivity index (χ3n) is 1.65. The third kappa shape index (κ3) is 2.84. The summed E-state index contributed by atoms with van der Waals surface area (Å²) in [5.74, 6) is 0.819. The van der Waals surface area contributed by atoms with E-state index in [1.54, 1.807) is 18.6 Å². The van der Waals surface area contributed by atoms with Gasteiger partial charge in [-0.2, -0.15) is 0 Å². The monoisotopic (exact) mass is 166 g/mol. The summed E-state index contributed by atoms with van der Waals surface area (Å²) in [5.41, 5.74) is 0. The van der Waals surface area contributed by atoms with Crippen LogP contribution in [0.1, 0.15) is 6.92 Å². The van der Waals surface area contributed by atoms with Crippen LogP contribution in [0.2, 0.25) is 0 Å². The van der Waals surface area contributed by atoms with Crippen molar-refractivity contribution in [3.05, 3.63) is 18.6 Å². The van der Waals surface area contributed by atoms with E-state index in [-0.39, 0.29) is 0 Å². The van der Waals surface area contributed by atoms with Gasteiger partial charge in [0.05, 0.1) is 6.20 Å². The SMILES string of the molecule is CNC(C)CNc1cnccn1. The van der Waals surface area contributed by atoms with Gasteiger partial charge in [-0.3, -0.25) is 4.98 Å². The average Bonchev–Trinajstić information content (AvgIpc) is 2.16. The molecule has 4 heteroatoms. The molecule has 12 heavy (non-hydrogen) atoms. The van der Waals surface area contributed by atoms with Crippen molar-refractivity contribution < 1.29 is 0 Å². The van der Waals surface area contributed by atoms with Crippen molar-refractivity contribution in [1.29, 1.82) is 0 Å². The summed E-state index contributed by atoms with van der Waals surface area (Å²) in [7, 11) is 1.93. The lowest BCUT2D eigenvalue weighted by Gasteiger charge is -2.10. The number of rotatable bonds is 4. The van der Waals surface area contributed by atoms with Crippen LogP contribution < -0.4 is 10.6 Å². The fourth-order valence-electron chi connectivity index (χ4n) is 0.750. The fourth-order valence-corrected chi connectivity index (χ4v) is 0.750. The molecular formula is C8H14N4. The van der Waals surface area contributed by atoms with E-state index in [1.807, 2.05) is 7.05 Å². The molecule has 0 aliphatic rings. The molecule has 0 saturated heterocycles. The summed E-state index contributed by atoms with van der Waals surface area (Å²) in [6, 6.07) is 0.437. The number of hydrogen-bond acceptors (Lipinski definition) is 4. The highest BCUT2D eigenvalue weighted by Crippen LogP contribution is 1.96. The Morgan fingerprint density at radius 2 is 2.33 bits per heavy atom. The predicted molar refractivity (Wildman–Crippen MR) is 49.0 cm³/mol. The lowest BCUT2D eigenvalue weighted by atomic mass is 10.3. The molecule has 0 aromatic carbocycles. The molecule has 0 bridgehead atoms. The first-order valence-electron chi connectivity index (χ1n) is 4.00. The second-order valence-electron chi connectivity index (χ2n) is 2.66. The van der Waals surface area contributed by atoms with E-state index in [9.17, 15) is 0 Å². The maximum absolute atomic E-state index is 4.08. The number of aromatic nitrogens is 2. The van der Waals surface area contributed by atoms with E-state index in [2.05, 4.69) is 27.5 Å². The number of likely N-dealkylation sites (N-methyl/N-ethyl adjacent to an activating group) is 1. The minimum Gasteiger partial charge on any atom is -0.367 e. The van der Waals surface area contributed by atoms with Crippen LogP contribution in [-0.4, -0.2) is 29.6 Å². The van der Waals surface area contributed by atoms with Crippen LogP contribution in [0, 0.1) is 0 Å². The summed E-state index contributed by atoms with van der Waals surface area (Å²) in [6.07, 6.45) is 5.04. The van der Waals surface area contributed by atoms with Crippen LogP contribution in [0.25, 0.3) is 0 Å². The van der Waals surface area contributed by atoms with Crippen LogP contribution in [0.5, 0.6) is 0 Å². The predicted octanol–water partition coefficient (Wildman–Crippen LogP) is 0.496. The number of nitrogens with zero attached hydrogens (tertiary/aromatic N) is 2. The molecule has 1 aromatic rings. The standard InChI is InChI=1S/C8H14N4/c1-7(9-2)5-12-8-6-10-3-4-11-8/h3-4,6-7,9H,5H2,1-2H3,(H,11,12). The van der Waals surface area contributed by atoms with E-state index >= 15 is 0 Å². The van der Waals surface area contributed by atoms with Gasteiger partial charge in [0, 0.05) is 25.0 Å². The van der Waals surface area contributed by atoms with Crippen LogP contribution in [0.4, 0.5) is 5.82 Å². The highest BCUT2D eigenvalue weighted by Gasteiger charge is 1.97. The normalized spacial score (nSPS) is 12.5. The van der Waals surface area contributed by atoms with Crippen LogP contribution >= 0.6 is 0 Å². The summed E-state index contributed by atoms with van der Waals surface area (Å²) in [6.45, 7) is 2.96. The Kier molecular flexibility index (Phi) is 3.47. The summed E-state index contributed by atoms with van der Waals surface area (Å²) in [4.78, 5) is 8.03. The lowest BCUT2D eigenvalue weighted by molar-refractivity contribution is 0.637. The smallest absolute Gasteiger partial charge is 0.144 e. The van der Waals surface area contributed by atoms with Crippen molar-refractivity contribution in [2.24, 2.45) is 0 Å². The maximum Gasteiger partial charge on any atom is 0.144 e. The molecule has 1 heterocycles. The zero-order valence-corrected chi connectivity index (χ0v) is 7.41. The Morgan fingerprint density at radius 3 is 2.92 bits per heavy atom. The van der Waals surface area contributed by atoms with E-state index in [1.165, 1.54) is 0 Å². The van der Waals surface area contributed by atoms with Crippen molar-refractivity contribution in [3.8, 4) is 0 Å². The van der Waals surface area contributed by atoms with Crippen LogP contribution in [0.3, 0.4) is 0 Å². The first-order valence-corrected chi connectivity index (χ1v) is 4.00. The van der Waals surface area contributed by atoms with Crippen molar-refractivity contribution in [2.45, 2.75) is 13.0 Å². The molecule has 66 valence electrons. The number of nitrogens with one attached hydrogen (secondary N) is 2. The van der Waals surface area contributed by atoms with Gasteiger partial charge in [0.1, 0.15) is 5.82 Å². The van der Waals surface area contributed by atoms with E-state index in [4.69, 9.17) is 0 Å². The fraction of sp³-hybridized carbons (Fsp3) is 0.500. The Labute approximate surface area is 72.4 Å². The molecule has 0 radical (unpaired) electrons. The molecule has 0 aliphatic carbocycles. The van der Waals surface area contributed by atoms with E-state index in [0.717, 1.165) is 12.4 Å². The average molecular weight is 166 g/mol. The summed E-state index contributed by atoms with van der Waals surface area (Å²) >= 11 is 0. The minimum absolute atomic E-state index is 0.437. The maximum atomic E-state index is 4.08.